The third-order valence-corrected chi connectivity index (χ3v) is 4.78. The number of hydrogen-bond acceptors (Lipinski definition) is 3. The van der Waals surface area contributed by atoms with Gasteiger partial charge in [-0.25, -0.2) is 0 Å². The Kier molecular flexibility index (Phi) is 5.82. The standard InChI is InChI=1S/C15H18ClNO3S/c16-13-6-4-12(21-13)5-7-14(18)17-9-1-2-11(10-17)3-8-15(19)20/h4-7,11H,1-3,8-10H2,(H,19,20)/b7-5+. The van der Waals surface area contributed by atoms with Crippen LogP contribution in [0, 0.1) is 5.92 Å². The minimum Gasteiger partial charge on any atom is -0.481 e. The number of carbonyl (C=O) groups is 2. The summed E-state index contributed by atoms with van der Waals surface area (Å²) in [5.41, 5.74) is 0. The Bertz CT molecular complexity index is 541. The number of thiophene rings is 1. The number of rotatable bonds is 5. The van der Waals surface area contributed by atoms with Gasteiger partial charge in [0.15, 0.2) is 0 Å². The molecule has 1 fully saturated rings. The molecule has 0 saturated carbocycles. The molecule has 6 heteroatoms. The smallest absolute Gasteiger partial charge is 0.303 e. The van der Waals surface area contributed by atoms with E-state index < -0.39 is 5.97 Å². The van der Waals surface area contributed by atoms with Crippen molar-refractivity contribution in [3.05, 3.63) is 27.4 Å². The van der Waals surface area contributed by atoms with Gasteiger partial charge in [0.2, 0.25) is 5.91 Å². The van der Waals surface area contributed by atoms with Crippen LogP contribution in [-0.4, -0.2) is 35.0 Å². The number of nitrogens with zero attached hydrogens (tertiary/aromatic N) is 1. The highest BCUT2D eigenvalue weighted by atomic mass is 35.5. The summed E-state index contributed by atoms with van der Waals surface area (Å²) in [4.78, 5) is 25.5. The van der Waals surface area contributed by atoms with Crippen LogP contribution in [0.5, 0.6) is 0 Å². The molecule has 2 rings (SSSR count). The number of halogens is 1. The second kappa shape index (κ2) is 7.61. The predicted molar refractivity (Wildman–Crippen MR) is 84.5 cm³/mol. The molecule has 0 spiro atoms. The molecule has 0 aliphatic carbocycles. The van der Waals surface area contributed by atoms with Crippen molar-refractivity contribution >= 4 is 40.9 Å². The number of amides is 1. The molecule has 0 bridgehead atoms. The third-order valence-electron chi connectivity index (χ3n) is 3.58. The van der Waals surface area contributed by atoms with Gasteiger partial charge >= 0.3 is 5.97 Å². The molecular formula is C15H18ClNO3S. The summed E-state index contributed by atoms with van der Waals surface area (Å²) in [6.45, 7) is 1.40. The van der Waals surface area contributed by atoms with Crippen molar-refractivity contribution in [1.29, 1.82) is 0 Å². The third kappa shape index (κ3) is 5.17. The quantitative estimate of drug-likeness (QED) is 0.842. The number of carboxylic acids is 1. The summed E-state index contributed by atoms with van der Waals surface area (Å²) in [6.07, 6.45) is 6.11. The van der Waals surface area contributed by atoms with E-state index in [0.717, 1.165) is 24.3 Å². The second-order valence-corrected chi connectivity index (χ2v) is 6.95. The fourth-order valence-corrected chi connectivity index (χ4v) is 3.47. The molecule has 0 aromatic carbocycles. The van der Waals surface area contributed by atoms with Gasteiger partial charge in [0.1, 0.15) is 0 Å². The second-order valence-electron chi connectivity index (χ2n) is 5.20. The summed E-state index contributed by atoms with van der Waals surface area (Å²) >= 11 is 7.28. The van der Waals surface area contributed by atoms with Gasteiger partial charge in [-0.3, -0.25) is 9.59 Å². The van der Waals surface area contributed by atoms with Gasteiger partial charge < -0.3 is 10.0 Å². The first-order valence-corrected chi connectivity index (χ1v) is 8.18. The Hall–Kier alpha value is -1.33. The fourth-order valence-electron chi connectivity index (χ4n) is 2.51. The lowest BCUT2D eigenvalue weighted by Crippen LogP contribution is -2.39. The molecule has 1 N–H and O–H groups in total. The maximum Gasteiger partial charge on any atom is 0.303 e. The molecule has 0 radical (unpaired) electrons. The Morgan fingerprint density at radius 1 is 1.48 bits per heavy atom. The van der Waals surface area contributed by atoms with E-state index >= 15 is 0 Å². The molecule has 1 aliphatic rings. The van der Waals surface area contributed by atoms with E-state index in [-0.39, 0.29) is 12.3 Å². The van der Waals surface area contributed by atoms with Crippen LogP contribution >= 0.6 is 22.9 Å². The zero-order valence-electron chi connectivity index (χ0n) is 11.6. The summed E-state index contributed by atoms with van der Waals surface area (Å²) in [6, 6.07) is 3.68. The molecule has 1 aliphatic heterocycles. The van der Waals surface area contributed by atoms with Crippen LogP contribution in [0.15, 0.2) is 18.2 Å². The summed E-state index contributed by atoms with van der Waals surface area (Å²) in [7, 11) is 0. The molecule has 1 unspecified atom stereocenters. The van der Waals surface area contributed by atoms with E-state index in [2.05, 4.69) is 0 Å². The van der Waals surface area contributed by atoms with Crippen LogP contribution in [0.4, 0.5) is 0 Å². The Morgan fingerprint density at radius 3 is 2.95 bits per heavy atom. The van der Waals surface area contributed by atoms with Crippen molar-refractivity contribution in [3.8, 4) is 0 Å². The average Bonchev–Trinajstić information content (AvgIpc) is 2.88. The highest BCUT2D eigenvalue weighted by Crippen LogP contribution is 2.23. The van der Waals surface area contributed by atoms with Gasteiger partial charge in [0.25, 0.3) is 0 Å². The van der Waals surface area contributed by atoms with Crippen molar-refractivity contribution in [3.63, 3.8) is 0 Å². The van der Waals surface area contributed by atoms with Crippen LogP contribution in [0.3, 0.4) is 0 Å². The minimum absolute atomic E-state index is 0.0143. The van der Waals surface area contributed by atoms with Crippen molar-refractivity contribution < 1.29 is 14.7 Å². The molecule has 21 heavy (non-hydrogen) atoms. The molecule has 1 amide bonds. The number of piperidine rings is 1. The van der Waals surface area contributed by atoms with E-state index in [9.17, 15) is 9.59 Å². The Balaban J connectivity index is 1.86. The first-order chi connectivity index (χ1) is 10.0. The lowest BCUT2D eigenvalue weighted by Gasteiger charge is -2.31. The van der Waals surface area contributed by atoms with Crippen molar-refractivity contribution in [2.45, 2.75) is 25.7 Å². The van der Waals surface area contributed by atoms with E-state index in [1.54, 1.807) is 18.2 Å². The number of likely N-dealkylation sites (tertiary alicyclic amines) is 1. The minimum atomic E-state index is -0.770. The molecule has 4 nitrogen and oxygen atoms in total. The highest BCUT2D eigenvalue weighted by molar-refractivity contribution is 7.17. The SMILES string of the molecule is O=C(O)CCC1CCCN(C(=O)/C=C/c2ccc(Cl)s2)C1. The zero-order chi connectivity index (χ0) is 15.2. The van der Waals surface area contributed by atoms with Gasteiger partial charge in [-0.2, -0.15) is 0 Å². The van der Waals surface area contributed by atoms with Crippen LogP contribution in [0.1, 0.15) is 30.6 Å². The van der Waals surface area contributed by atoms with E-state index in [1.807, 2.05) is 11.0 Å². The molecule has 1 atom stereocenters. The molecule has 114 valence electrons. The van der Waals surface area contributed by atoms with E-state index in [0.29, 0.717) is 23.2 Å². The number of aliphatic carboxylic acids is 1. The normalized spacial score (nSPS) is 19.1. The van der Waals surface area contributed by atoms with Crippen LogP contribution < -0.4 is 0 Å². The zero-order valence-corrected chi connectivity index (χ0v) is 13.2. The van der Waals surface area contributed by atoms with Crippen molar-refractivity contribution in [2.75, 3.05) is 13.1 Å². The van der Waals surface area contributed by atoms with Gasteiger partial charge in [-0.1, -0.05) is 11.6 Å². The number of carboxylic acid groups (broad SMARTS) is 1. The van der Waals surface area contributed by atoms with E-state index in [4.69, 9.17) is 16.7 Å². The summed E-state index contributed by atoms with van der Waals surface area (Å²) in [5, 5.41) is 8.73. The summed E-state index contributed by atoms with van der Waals surface area (Å²) in [5.74, 6) is -0.490. The molecule has 1 aromatic heterocycles. The molecule has 1 aromatic rings. The molecular weight excluding hydrogens is 310 g/mol. The number of carbonyl (C=O) groups excluding carboxylic acids is 1. The summed E-state index contributed by atoms with van der Waals surface area (Å²) < 4.78 is 0.703. The highest BCUT2D eigenvalue weighted by Gasteiger charge is 2.22. The first-order valence-electron chi connectivity index (χ1n) is 6.98. The lowest BCUT2D eigenvalue weighted by atomic mass is 9.93. The first kappa shape index (κ1) is 16.0. The van der Waals surface area contributed by atoms with Gasteiger partial charge in [-0.05, 0) is 43.4 Å². The van der Waals surface area contributed by atoms with Crippen LogP contribution in [0.2, 0.25) is 4.34 Å². The maximum absolute atomic E-state index is 12.2. The molecule has 2 heterocycles. The van der Waals surface area contributed by atoms with Crippen molar-refractivity contribution in [1.82, 2.24) is 4.90 Å². The largest absolute Gasteiger partial charge is 0.481 e. The fraction of sp³-hybridized carbons (Fsp3) is 0.467. The van der Waals surface area contributed by atoms with Gasteiger partial charge in [0, 0.05) is 30.5 Å². The van der Waals surface area contributed by atoms with E-state index in [1.165, 1.54) is 11.3 Å². The lowest BCUT2D eigenvalue weighted by molar-refractivity contribution is -0.137. The van der Waals surface area contributed by atoms with Gasteiger partial charge in [0.05, 0.1) is 4.34 Å². The monoisotopic (exact) mass is 327 g/mol. The van der Waals surface area contributed by atoms with Gasteiger partial charge in [-0.15, -0.1) is 11.3 Å². The molecule has 1 saturated heterocycles. The van der Waals surface area contributed by atoms with Crippen LogP contribution in [0.25, 0.3) is 6.08 Å². The average molecular weight is 328 g/mol. The number of hydrogen-bond donors (Lipinski definition) is 1. The topological polar surface area (TPSA) is 57.6 Å². The maximum atomic E-state index is 12.2. The van der Waals surface area contributed by atoms with Crippen LogP contribution in [-0.2, 0) is 9.59 Å². The van der Waals surface area contributed by atoms with Crippen molar-refractivity contribution in [2.24, 2.45) is 5.92 Å². The Labute approximate surface area is 133 Å². The Morgan fingerprint density at radius 2 is 2.29 bits per heavy atom. The predicted octanol–water partition coefficient (Wildman–Crippen LogP) is 3.52.